The Bertz CT molecular complexity index is 556. The molecule has 6 nitrogen and oxygen atoms in total. The predicted octanol–water partition coefficient (Wildman–Crippen LogP) is 1.61. The molecule has 25 heavy (non-hydrogen) atoms. The predicted molar refractivity (Wildman–Crippen MR) is 94.1 cm³/mol. The Labute approximate surface area is 149 Å². The molecule has 0 radical (unpaired) electrons. The number of fused-ring (bicyclic) bond motifs is 1. The molecule has 1 aromatic heterocycles. The number of hydrogen-bond donors (Lipinski definition) is 1. The molecule has 4 heterocycles. The molecule has 0 unspecified atom stereocenters. The lowest BCUT2D eigenvalue weighted by Crippen LogP contribution is -2.48. The van der Waals surface area contributed by atoms with Crippen molar-refractivity contribution in [3.8, 4) is 0 Å². The standard InChI is InChI=1S/C19H29N3O3/c23-19(20-14-15-4-3-13-24-15)18-6-5-16-17(25-18)7-10-22(16)12-11-21-8-1-2-9-21/h3-4,13,16-18H,1-2,5-12,14H2,(H,20,23)/t16-,17-,18-/m0/s1. The Morgan fingerprint density at radius 1 is 1.16 bits per heavy atom. The highest BCUT2D eigenvalue weighted by Gasteiger charge is 2.41. The third kappa shape index (κ3) is 4.07. The van der Waals surface area contributed by atoms with Crippen molar-refractivity contribution in [2.75, 3.05) is 32.7 Å². The maximum absolute atomic E-state index is 12.4. The first-order chi connectivity index (χ1) is 12.3. The van der Waals surface area contributed by atoms with Gasteiger partial charge in [-0.2, -0.15) is 0 Å². The summed E-state index contributed by atoms with van der Waals surface area (Å²) in [6, 6.07) is 4.20. The van der Waals surface area contributed by atoms with Crippen molar-refractivity contribution in [3.63, 3.8) is 0 Å². The van der Waals surface area contributed by atoms with Crippen LogP contribution in [0.4, 0.5) is 0 Å². The van der Waals surface area contributed by atoms with Crippen LogP contribution in [-0.2, 0) is 16.1 Å². The summed E-state index contributed by atoms with van der Waals surface area (Å²) in [5.74, 6) is 0.765. The van der Waals surface area contributed by atoms with Crippen molar-refractivity contribution in [3.05, 3.63) is 24.2 Å². The molecule has 4 rings (SSSR count). The normalized spacial score (nSPS) is 30.5. The quantitative estimate of drug-likeness (QED) is 0.847. The van der Waals surface area contributed by atoms with Gasteiger partial charge in [-0.1, -0.05) is 0 Å². The Morgan fingerprint density at radius 2 is 2.04 bits per heavy atom. The molecule has 138 valence electrons. The Kier molecular flexibility index (Phi) is 5.39. The summed E-state index contributed by atoms with van der Waals surface area (Å²) in [5, 5.41) is 2.93. The fraction of sp³-hybridized carbons (Fsp3) is 0.737. The van der Waals surface area contributed by atoms with Crippen molar-refractivity contribution in [2.45, 2.75) is 56.9 Å². The van der Waals surface area contributed by atoms with E-state index in [9.17, 15) is 4.79 Å². The van der Waals surface area contributed by atoms with Crippen molar-refractivity contribution < 1.29 is 13.9 Å². The molecule has 3 atom stereocenters. The van der Waals surface area contributed by atoms with Crippen LogP contribution in [0.25, 0.3) is 0 Å². The van der Waals surface area contributed by atoms with Gasteiger partial charge in [0.1, 0.15) is 11.9 Å². The van der Waals surface area contributed by atoms with Gasteiger partial charge in [-0.3, -0.25) is 9.69 Å². The molecule has 0 aliphatic carbocycles. The zero-order valence-electron chi connectivity index (χ0n) is 14.9. The van der Waals surface area contributed by atoms with Crippen LogP contribution in [0.2, 0.25) is 0 Å². The van der Waals surface area contributed by atoms with E-state index in [1.54, 1.807) is 6.26 Å². The summed E-state index contributed by atoms with van der Waals surface area (Å²) >= 11 is 0. The number of ether oxygens (including phenoxy) is 1. The van der Waals surface area contributed by atoms with E-state index in [0.717, 1.165) is 38.1 Å². The number of amides is 1. The van der Waals surface area contributed by atoms with E-state index >= 15 is 0 Å². The maximum Gasteiger partial charge on any atom is 0.249 e. The third-order valence-corrected chi connectivity index (χ3v) is 5.87. The number of rotatable bonds is 6. The van der Waals surface area contributed by atoms with E-state index in [-0.39, 0.29) is 18.1 Å². The Balaban J connectivity index is 1.22. The van der Waals surface area contributed by atoms with E-state index < -0.39 is 0 Å². The van der Waals surface area contributed by atoms with Gasteiger partial charge in [-0.15, -0.1) is 0 Å². The number of likely N-dealkylation sites (tertiary alicyclic amines) is 2. The lowest BCUT2D eigenvalue weighted by molar-refractivity contribution is -0.144. The number of nitrogens with zero attached hydrogens (tertiary/aromatic N) is 2. The highest BCUT2D eigenvalue weighted by atomic mass is 16.5. The van der Waals surface area contributed by atoms with Crippen LogP contribution in [0.5, 0.6) is 0 Å². The van der Waals surface area contributed by atoms with Gasteiger partial charge in [-0.25, -0.2) is 0 Å². The van der Waals surface area contributed by atoms with Crippen molar-refractivity contribution in [1.82, 2.24) is 15.1 Å². The second-order valence-corrected chi connectivity index (χ2v) is 7.48. The minimum Gasteiger partial charge on any atom is -0.467 e. The van der Waals surface area contributed by atoms with Crippen LogP contribution in [0, 0.1) is 0 Å². The number of carbonyl (C=O) groups is 1. The van der Waals surface area contributed by atoms with E-state index in [2.05, 4.69) is 15.1 Å². The van der Waals surface area contributed by atoms with Gasteiger partial charge in [0, 0.05) is 25.7 Å². The zero-order chi connectivity index (χ0) is 17.1. The van der Waals surface area contributed by atoms with Gasteiger partial charge in [0.05, 0.1) is 18.9 Å². The second-order valence-electron chi connectivity index (χ2n) is 7.48. The van der Waals surface area contributed by atoms with E-state index in [0.29, 0.717) is 12.6 Å². The summed E-state index contributed by atoms with van der Waals surface area (Å²) in [6.07, 6.45) is 7.15. The van der Waals surface area contributed by atoms with Crippen LogP contribution >= 0.6 is 0 Å². The molecule has 6 heteroatoms. The fourth-order valence-corrected chi connectivity index (χ4v) is 4.46. The first-order valence-corrected chi connectivity index (χ1v) is 9.71. The molecule has 1 amide bonds. The summed E-state index contributed by atoms with van der Waals surface area (Å²) < 4.78 is 11.4. The van der Waals surface area contributed by atoms with Crippen LogP contribution in [-0.4, -0.2) is 66.7 Å². The zero-order valence-corrected chi connectivity index (χ0v) is 14.9. The van der Waals surface area contributed by atoms with Crippen molar-refractivity contribution in [2.24, 2.45) is 0 Å². The summed E-state index contributed by atoms with van der Waals surface area (Å²) in [7, 11) is 0. The highest BCUT2D eigenvalue weighted by molar-refractivity contribution is 5.80. The summed E-state index contributed by atoms with van der Waals surface area (Å²) in [5.41, 5.74) is 0. The minimum absolute atomic E-state index is 0.00892. The van der Waals surface area contributed by atoms with E-state index in [4.69, 9.17) is 9.15 Å². The smallest absolute Gasteiger partial charge is 0.249 e. The Morgan fingerprint density at radius 3 is 2.84 bits per heavy atom. The largest absolute Gasteiger partial charge is 0.467 e. The average Bonchev–Trinajstić information content (AvgIpc) is 3.39. The lowest BCUT2D eigenvalue weighted by atomic mass is 9.98. The molecule has 3 aliphatic rings. The minimum atomic E-state index is -0.310. The molecule has 0 bridgehead atoms. The monoisotopic (exact) mass is 347 g/mol. The SMILES string of the molecule is O=C(NCc1ccco1)[C@@H]1CC[C@H]2[C@H](CCN2CCN2CCCC2)O1. The molecule has 1 N–H and O–H groups in total. The van der Waals surface area contributed by atoms with Crippen LogP contribution in [0.3, 0.4) is 0 Å². The second kappa shape index (κ2) is 7.89. The molecule has 0 saturated carbocycles. The van der Waals surface area contributed by atoms with Gasteiger partial charge in [-0.05, 0) is 57.3 Å². The van der Waals surface area contributed by atoms with Gasteiger partial charge in [0.15, 0.2) is 0 Å². The van der Waals surface area contributed by atoms with Crippen LogP contribution in [0.15, 0.2) is 22.8 Å². The molecule has 3 aliphatic heterocycles. The first-order valence-electron chi connectivity index (χ1n) is 9.71. The van der Waals surface area contributed by atoms with Gasteiger partial charge >= 0.3 is 0 Å². The van der Waals surface area contributed by atoms with Crippen LogP contribution in [0.1, 0.15) is 37.9 Å². The maximum atomic E-state index is 12.4. The summed E-state index contributed by atoms with van der Waals surface area (Å²) in [6.45, 7) is 6.37. The van der Waals surface area contributed by atoms with Gasteiger partial charge in [0.25, 0.3) is 0 Å². The fourth-order valence-electron chi connectivity index (χ4n) is 4.46. The molecular weight excluding hydrogens is 318 g/mol. The average molecular weight is 347 g/mol. The van der Waals surface area contributed by atoms with Gasteiger partial charge < -0.3 is 19.4 Å². The van der Waals surface area contributed by atoms with Crippen molar-refractivity contribution in [1.29, 1.82) is 0 Å². The Hall–Kier alpha value is -1.37. The molecule has 1 aromatic rings. The highest BCUT2D eigenvalue weighted by Crippen LogP contribution is 2.31. The molecular formula is C19H29N3O3. The van der Waals surface area contributed by atoms with Gasteiger partial charge in [0.2, 0.25) is 5.91 Å². The van der Waals surface area contributed by atoms with E-state index in [1.165, 1.54) is 32.5 Å². The summed E-state index contributed by atoms with van der Waals surface area (Å²) in [4.78, 5) is 17.5. The van der Waals surface area contributed by atoms with E-state index in [1.807, 2.05) is 12.1 Å². The van der Waals surface area contributed by atoms with Crippen LogP contribution < -0.4 is 5.32 Å². The molecule has 0 aromatic carbocycles. The lowest BCUT2D eigenvalue weighted by Gasteiger charge is -2.36. The molecule has 3 saturated heterocycles. The topological polar surface area (TPSA) is 58.0 Å². The third-order valence-electron chi connectivity index (χ3n) is 5.87. The van der Waals surface area contributed by atoms with Crippen molar-refractivity contribution >= 4 is 5.91 Å². The number of hydrogen-bond acceptors (Lipinski definition) is 5. The number of nitrogens with one attached hydrogen (secondary N) is 1. The number of carbonyl (C=O) groups excluding carboxylic acids is 1. The first kappa shape index (κ1) is 17.1. The molecule has 3 fully saturated rings. The molecule has 0 spiro atoms. The number of furan rings is 1.